The first-order valence-corrected chi connectivity index (χ1v) is 4.87. The third kappa shape index (κ3) is 1.64. The van der Waals surface area contributed by atoms with E-state index >= 15 is 0 Å². The van der Waals surface area contributed by atoms with Crippen LogP contribution in [-0.4, -0.2) is 21.9 Å². The van der Waals surface area contributed by atoms with Gasteiger partial charge < -0.3 is 10.2 Å². The lowest BCUT2D eigenvalue weighted by atomic mass is 9.72. The van der Waals surface area contributed by atoms with Crippen molar-refractivity contribution >= 4 is 0 Å². The fourth-order valence-electron chi connectivity index (χ4n) is 2.02. The zero-order chi connectivity index (χ0) is 9.35. The van der Waals surface area contributed by atoms with Gasteiger partial charge in [0, 0.05) is 0 Å². The quantitative estimate of drug-likeness (QED) is 0.630. The molecule has 0 aromatic rings. The van der Waals surface area contributed by atoms with Gasteiger partial charge in [-0.2, -0.15) is 0 Å². The van der Waals surface area contributed by atoms with Crippen LogP contribution in [0.25, 0.3) is 0 Å². The fraction of sp³-hybridized carbons (Fsp3) is 1.00. The first-order valence-electron chi connectivity index (χ1n) is 4.87. The molecule has 2 nitrogen and oxygen atoms in total. The number of aliphatic hydroxyl groups is 2. The lowest BCUT2D eigenvalue weighted by Gasteiger charge is -2.42. The highest BCUT2D eigenvalue weighted by Gasteiger charge is 2.42. The number of aliphatic hydroxyl groups excluding tert-OH is 1. The maximum Gasteiger partial charge on any atom is 0.0928 e. The van der Waals surface area contributed by atoms with Gasteiger partial charge in [-0.25, -0.2) is 0 Å². The minimum absolute atomic E-state index is 0.153. The molecule has 0 aromatic heterocycles. The molecule has 1 saturated carbocycles. The maximum atomic E-state index is 10.1. The Bertz CT molecular complexity index is 156. The minimum Gasteiger partial charge on any atom is -0.390 e. The Morgan fingerprint density at radius 2 is 2.00 bits per heavy atom. The van der Waals surface area contributed by atoms with E-state index in [0.29, 0.717) is 5.92 Å². The van der Waals surface area contributed by atoms with Crippen LogP contribution in [0.4, 0.5) is 0 Å². The summed E-state index contributed by atoms with van der Waals surface area (Å²) < 4.78 is 0. The van der Waals surface area contributed by atoms with E-state index in [1.165, 1.54) is 0 Å². The Hall–Kier alpha value is -0.0800. The smallest absolute Gasteiger partial charge is 0.0928 e. The third-order valence-corrected chi connectivity index (χ3v) is 3.24. The van der Waals surface area contributed by atoms with Gasteiger partial charge >= 0.3 is 0 Å². The summed E-state index contributed by atoms with van der Waals surface area (Å²) in [6.45, 7) is 6.07. The molecule has 0 radical (unpaired) electrons. The van der Waals surface area contributed by atoms with Crippen molar-refractivity contribution in [1.29, 1.82) is 0 Å². The molecule has 1 fully saturated rings. The number of hydrogen-bond donors (Lipinski definition) is 2. The molecule has 2 N–H and O–H groups in total. The van der Waals surface area contributed by atoms with E-state index in [4.69, 9.17) is 0 Å². The lowest BCUT2D eigenvalue weighted by molar-refractivity contribution is -0.136. The molecule has 1 aliphatic rings. The van der Waals surface area contributed by atoms with Crippen molar-refractivity contribution in [1.82, 2.24) is 0 Å². The fourth-order valence-corrected chi connectivity index (χ4v) is 2.02. The van der Waals surface area contributed by atoms with Crippen molar-refractivity contribution in [2.45, 2.75) is 51.7 Å². The minimum atomic E-state index is -0.827. The molecular weight excluding hydrogens is 152 g/mol. The molecule has 0 spiro atoms. The van der Waals surface area contributed by atoms with Gasteiger partial charge in [-0.15, -0.1) is 0 Å². The molecule has 0 aromatic carbocycles. The average molecular weight is 172 g/mol. The van der Waals surface area contributed by atoms with Gasteiger partial charge in [-0.1, -0.05) is 20.8 Å². The van der Waals surface area contributed by atoms with Crippen LogP contribution in [0.3, 0.4) is 0 Å². The Kier molecular flexibility index (Phi) is 2.79. The highest BCUT2D eigenvalue weighted by Crippen LogP contribution is 2.36. The molecule has 0 amide bonds. The van der Waals surface area contributed by atoms with Crippen LogP contribution >= 0.6 is 0 Å². The van der Waals surface area contributed by atoms with Gasteiger partial charge in [0.05, 0.1) is 11.7 Å². The third-order valence-electron chi connectivity index (χ3n) is 3.24. The maximum absolute atomic E-state index is 10.1. The monoisotopic (exact) mass is 172 g/mol. The highest BCUT2D eigenvalue weighted by molar-refractivity contribution is 4.93. The Balaban J connectivity index is 2.66. The van der Waals surface area contributed by atoms with Crippen molar-refractivity contribution in [2.24, 2.45) is 11.8 Å². The summed E-state index contributed by atoms with van der Waals surface area (Å²) in [6, 6.07) is 0. The second-order valence-corrected chi connectivity index (χ2v) is 4.54. The van der Waals surface area contributed by atoms with E-state index in [1.54, 1.807) is 0 Å². The summed E-state index contributed by atoms with van der Waals surface area (Å²) in [7, 11) is 0. The summed E-state index contributed by atoms with van der Waals surface area (Å²) in [4.78, 5) is 0. The normalized spacial score (nSPS) is 43.5. The first kappa shape index (κ1) is 10.0. The summed E-state index contributed by atoms with van der Waals surface area (Å²) in [5, 5.41) is 19.8. The summed E-state index contributed by atoms with van der Waals surface area (Å²) in [5.41, 5.74) is -0.827. The molecular formula is C10H20O2. The second-order valence-electron chi connectivity index (χ2n) is 4.54. The largest absolute Gasteiger partial charge is 0.390 e. The summed E-state index contributed by atoms with van der Waals surface area (Å²) >= 11 is 0. The Labute approximate surface area is 74.6 Å². The van der Waals surface area contributed by atoms with Crippen molar-refractivity contribution in [3.05, 3.63) is 0 Å². The summed E-state index contributed by atoms with van der Waals surface area (Å²) in [5.74, 6) is 0.707. The molecule has 2 heteroatoms. The van der Waals surface area contributed by atoms with Crippen LogP contribution < -0.4 is 0 Å². The Morgan fingerprint density at radius 1 is 1.42 bits per heavy atom. The molecule has 1 aliphatic carbocycles. The van der Waals surface area contributed by atoms with Crippen LogP contribution in [-0.2, 0) is 0 Å². The van der Waals surface area contributed by atoms with E-state index in [2.05, 4.69) is 6.92 Å². The van der Waals surface area contributed by atoms with E-state index < -0.39 is 11.7 Å². The van der Waals surface area contributed by atoms with Gasteiger partial charge in [0.15, 0.2) is 0 Å². The number of rotatable bonds is 1. The van der Waals surface area contributed by atoms with E-state index in [9.17, 15) is 10.2 Å². The van der Waals surface area contributed by atoms with Gasteiger partial charge in [0.1, 0.15) is 0 Å². The van der Waals surface area contributed by atoms with Crippen LogP contribution in [0, 0.1) is 11.8 Å². The van der Waals surface area contributed by atoms with Gasteiger partial charge in [0.25, 0.3) is 0 Å². The Morgan fingerprint density at radius 3 is 2.42 bits per heavy atom. The molecule has 0 aliphatic heterocycles. The molecule has 0 bridgehead atoms. The SMILES string of the molecule is CC(C)[C@@]1(O)CC[C@@H](C)C[C@@H]1O. The topological polar surface area (TPSA) is 40.5 Å². The predicted octanol–water partition coefficient (Wildman–Crippen LogP) is 1.55. The van der Waals surface area contributed by atoms with E-state index in [-0.39, 0.29) is 5.92 Å². The van der Waals surface area contributed by atoms with E-state index in [0.717, 1.165) is 19.3 Å². The molecule has 72 valence electrons. The van der Waals surface area contributed by atoms with Gasteiger partial charge in [-0.05, 0) is 31.1 Å². The van der Waals surface area contributed by atoms with Gasteiger partial charge in [0.2, 0.25) is 0 Å². The first-order chi connectivity index (χ1) is 5.47. The molecule has 1 rings (SSSR count). The zero-order valence-corrected chi connectivity index (χ0v) is 8.25. The van der Waals surface area contributed by atoms with Crippen molar-refractivity contribution in [3.63, 3.8) is 0 Å². The van der Waals surface area contributed by atoms with Crippen molar-refractivity contribution < 1.29 is 10.2 Å². The predicted molar refractivity (Wildman–Crippen MR) is 48.8 cm³/mol. The molecule has 12 heavy (non-hydrogen) atoms. The van der Waals surface area contributed by atoms with Crippen LogP contribution in [0.15, 0.2) is 0 Å². The summed E-state index contributed by atoms with van der Waals surface area (Å²) in [6.07, 6.45) is 1.99. The van der Waals surface area contributed by atoms with Crippen LogP contribution in [0.5, 0.6) is 0 Å². The highest BCUT2D eigenvalue weighted by atomic mass is 16.3. The van der Waals surface area contributed by atoms with Crippen molar-refractivity contribution in [2.75, 3.05) is 0 Å². The zero-order valence-electron chi connectivity index (χ0n) is 8.25. The molecule has 0 unspecified atom stereocenters. The molecule has 0 saturated heterocycles. The lowest BCUT2D eigenvalue weighted by Crippen LogP contribution is -2.50. The van der Waals surface area contributed by atoms with Gasteiger partial charge in [-0.3, -0.25) is 0 Å². The number of hydrogen-bond acceptors (Lipinski definition) is 2. The van der Waals surface area contributed by atoms with E-state index in [1.807, 2.05) is 13.8 Å². The van der Waals surface area contributed by atoms with Crippen molar-refractivity contribution in [3.8, 4) is 0 Å². The van der Waals surface area contributed by atoms with Crippen LogP contribution in [0.2, 0.25) is 0 Å². The van der Waals surface area contributed by atoms with Crippen LogP contribution in [0.1, 0.15) is 40.0 Å². The average Bonchev–Trinajstić information content (AvgIpc) is 1.97. The molecule has 0 heterocycles. The standard InChI is InChI=1S/C10H20O2/c1-7(2)10(12)5-4-8(3)6-9(10)11/h7-9,11-12H,4-6H2,1-3H3/t8-,9+,10+/m1/s1. The molecule has 3 atom stereocenters. The second kappa shape index (κ2) is 3.35.